The maximum atomic E-state index is 12.9. The summed E-state index contributed by atoms with van der Waals surface area (Å²) in [5.74, 6) is -0.225. The maximum Gasteiger partial charge on any atom is 0.315 e. The molecule has 3 saturated carbocycles. The van der Waals surface area contributed by atoms with Crippen molar-refractivity contribution in [2.24, 2.45) is 34.0 Å². The molecule has 0 aromatic heterocycles. The van der Waals surface area contributed by atoms with E-state index in [0.29, 0.717) is 19.4 Å². The molecule has 7 unspecified atom stereocenters. The Morgan fingerprint density at radius 2 is 2.04 bits per heavy atom. The van der Waals surface area contributed by atoms with Crippen molar-refractivity contribution < 1.29 is 19.7 Å². The van der Waals surface area contributed by atoms with Crippen molar-refractivity contribution in [1.82, 2.24) is 0 Å². The molecule has 1 heterocycles. The van der Waals surface area contributed by atoms with E-state index >= 15 is 0 Å². The van der Waals surface area contributed by atoms with E-state index < -0.39 is 17.6 Å². The van der Waals surface area contributed by atoms with Gasteiger partial charge in [0.15, 0.2) is 0 Å². The average Bonchev–Trinajstić information content (AvgIpc) is 2.68. The van der Waals surface area contributed by atoms with Crippen LogP contribution in [0, 0.1) is 34.0 Å². The molecule has 2 bridgehead atoms. The number of carbonyl (C=O) groups is 1. The van der Waals surface area contributed by atoms with Crippen molar-refractivity contribution in [3.63, 3.8) is 0 Å². The zero-order valence-corrected chi connectivity index (χ0v) is 14.8. The topological polar surface area (TPSA) is 66.8 Å². The fraction of sp³-hybridized carbons (Fsp3) is 0.850. The van der Waals surface area contributed by atoms with Crippen LogP contribution >= 0.6 is 0 Å². The van der Waals surface area contributed by atoms with E-state index in [1.165, 1.54) is 0 Å². The number of carbonyl (C=O) groups excluding carboxylic acids is 1. The molecule has 2 N–H and O–H groups in total. The van der Waals surface area contributed by atoms with Gasteiger partial charge in [0.1, 0.15) is 5.41 Å². The van der Waals surface area contributed by atoms with Crippen molar-refractivity contribution in [3.8, 4) is 0 Å². The largest absolute Gasteiger partial charge is 0.465 e. The van der Waals surface area contributed by atoms with Gasteiger partial charge in [-0.25, -0.2) is 0 Å². The van der Waals surface area contributed by atoms with Gasteiger partial charge >= 0.3 is 5.97 Å². The van der Waals surface area contributed by atoms with Crippen LogP contribution < -0.4 is 0 Å². The van der Waals surface area contributed by atoms with Crippen LogP contribution in [0.4, 0.5) is 0 Å². The van der Waals surface area contributed by atoms with Crippen LogP contribution in [0.5, 0.6) is 0 Å². The summed E-state index contributed by atoms with van der Waals surface area (Å²) < 4.78 is 5.69. The molecule has 1 aliphatic heterocycles. The van der Waals surface area contributed by atoms with E-state index in [2.05, 4.69) is 20.4 Å². The minimum atomic E-state index is -0.921. The third-order valence-corrected chi connectivity index (χ3v) is 7.88. The van der Waals surface area contributed by atoms with Crippen LogP contribution in [-0.2, 0) is 9.53 Å². The Labute approximate surface area is 144 Å². The molecule has 7 atom stereocenters. The second-order valence-electron chi connectivity index (χ2n) is 9.49. The van der Waals surface area contributed by atoms with Crippen LogP contribution in [0.1, 0.15) is 52.4 Å². The highest BCUT2D eigenvalue weighted by Gasteiger charge is 2.78. The highest BCUT2D eigenvalue weighted by molar-refractivity contribution is 5.81. The molecule has 24 heavy (non-hydrogen) atoms. The van der Waals surface area contributed by atoms with Crippen molar-refractivity contribution in [1.29, 1.82) is 0 Å². The van der Waals surface area contributed by atoms with Gasteiger partial charge in [0, 0.05) is 17.3 Å². The smallest absolute Gasteiger partial charge is 0.315 e. The number of aliphatic hydroxyl groups is 2. The summed E-state index contributed by atoms with van der Waals surface area (Å²) in [6.45, 7) is 8.61. The van der Waals surface area contributed by atoms with Gasteiger partial charge in [0.2, 0.25) is 0 Å². The van der Waals surface area contributed by atoms with Gasteiger partial charge in [-0.3, -0.25) is 4.79 Å². The van der Waals surface area contributed by atoms with Crippen molar-refractivity contribution >= 4 is 5.97 Å². The van der Waals surface area contributed by atoms with Crippen LogP contribution in [0.15, 0.2) is 12.7 Å². The maximum absolute atomic E-state index is 12.9. The molecular weight excluding hydrogens is 304 g/mol. The second kappa shape index (κ2) is 5.07. The normalized spacial score (nSPS) is 52.2. The summed E-state index contributed by atoms with van der Waals surface area (Å²) in [7, 11) is 0. The summed E-state index contributed by atoms with van der Waals surface area (Å²) in [6.07, 6.45) is 5.77. The Bertz CT molecular complexity index is 570. The fourth-order valence-electron chi connectivity index (χ4n) is 7.39. The number of esters is 1. The quantitative estimate of drug-likeness (QED) is 0.602. The molecule has 4 nitrogen and oxygen atoms in total. The summed E-state index contributed by atoms with van der Waals surface area (Å²) >= 11 is 0. The van der Waals surface area contributed by atoms with Crippen molar-refractivity contribution in [2.75, 3.05) is 6.61 Å². The Hall–Kier alpha value is -0.870. The first-order valence-corrected chi connectivity index (χ1v) is 9.44. The van der Waals surface area contributed by atoms with Crippen LogP contribution in [0.2, 0.25) is 0 Å². The van der Waals surface area contributed by atoms with Crippen LogP contribution in [0.3, 0.4) is 0 Å². The van der Waals surface area contributed by atoms with Gasteiger partial charge in [0.25, 0.3) is 0 Å². The lowest BCUT2D eigenvalue weighted by molar-refractivity contribution is -0.206. The van der Waals surface area contributed by atoms with Crippen molar-refractivity contribution in [3.05, 3.63) is 12.7 Å². The monoisotopic (exact) mass is 334 g/mol. The number of aliphatic hydroxyl groups excluding tert-OH is 2. The Balaban J connectivity index is 1.87. The molecular formula is C20H30O4. The highest BCUT2D eigenvalue weighted by Crippen LogP contribution is 2.73. The lowest BCUT2D eigenvalue weighted by atomic mass is 9.51. The van der Waals surface area contributed by atoms with Gasteiger partial charge in [-0.15, -0.1) is 6.58 Å². The number of hydrogen-bond acceptors (Lipinski definition) is 4. The fourth-order valence-corrected chi connectivity index (χ4v) is 7.39. The van der Waals surface area contributed by atoms with Crippen molar-refractivity contribution in [2.45, 2.75) is 64.6 Å². The standard InChI is InChI=1S/C20H30O4/c1-4-6-12-9-13(21)14-19-8-5-7-18(2,3)15(19)16(22)20(14,10-12)17(23)24-11-19/h4,12-16,21-22H,1,5-11H2,2-3H3. The highest BCUT2D eigenvalue weighted by atomic mass is 16.5. The minimum Gasteiger partial charge on any atom is -0.465 e. The third-order valence-electron chi connectivity index (χ3n) is 7.88. The number of rotatable bonds is 2. The Kier molecular flexibility index (Phi) is 3.51. The van der Waals surface area contributed by atoms with E-state index in [1.807, 2.05) is 6.08 Å². The molecule has 0 radical (unpaired) electrons. The molecule has 4 heteroatoms. The molecule has 0 aromatic carbocycles. The number of hydrogen-bond donors (Lipinski definition) is 2. The number of allylic oxidation sites excluding steroid dienone is 1. The first-order chi connectivity index (χ1) is 11.3. The SMILES string of the molecule is C=CCC1CC(O)C2C34CCCC(C)(C)C3C(O)C2(C1)C(=O)OC4. The van der Waals surface area contributed by atoms with Gasteiger partial charge < -0.3 is 14.9 Å². The Morgan fingerprint density at radius 1 is 1.29 bits per heavy atom. The molecule has 134 valence electrons. The zero-order chi connectivity index (χ0) is 17.3. The molecule has 0 aromatic rings. The van der Waals surface area contributed by atoms with Crippen LogP contribution in [0.25, 0.3) is 0 Å². The lowest BCUT2D eigenvalue weighted by Crippen LogP contribution is -2.60. The lowest BCUT2D eigenvalue weighted by Gasteiger charge is -2.55. The molecule has 3 aliphatic carbocycles. The average molecular weight is 334 g/mol. The molecule has 4 rings (SSSR count). The van der Waals surface area contributed by atoms with Gasteiger partial charge in [-0.05, 0) is 43.4 Å². The molecule has 4 fully saturated rings. The number of ether oxygens (including phenoxy) is 1. The van der Waals surface area contributed by atoms with E-state index in [-0.39, 0.29) is 34.6 Å². The zero-order valence-electron chi connectivity index (χ0n) is 14.8. The first kappa shape index (κ1) is 16.6. The predicted octanol–water partition coefficient (Wildman–Crippen LogP) is 2.68. The summed E-state index contributed by atoms with van der Waals surface area (Å²) in [6, 6.07) is 0. The van der Waals surface area contributed by atoms with E-state index in [0.717, 1.165) is 25.7 Å². The Morgan fingerprint density at radius 3 is 2.75 bits per heavy atom. The minimum absolute atomic E-state index is 0.0207. The number of cyclic esters (lactones) is 1. The van der Waals surface area contributed by atoms with E-state index in [9.17, 15) is 15.0 Å². The van der Waals surface area contributed by atoms with Crippen LogP contribution in [-0.4, -0.2) is 35.0 Å². The van der Waals surface area contributed by atoms with Gasteiger partial charge in [-0.1, -0.05) is 26.3 Å². The third kappa shape index (κ3) is 1.79. The van der Waals surface area contributed by atoms with E-state index in [4.69, 9.17) is 4.74 Å². The molecule has 0 amide bonds. The van der Waals surface area contributed by atoms with Gasteiger partial charge in [-0.2, -0.15) is 0 Å². The second-order valence-corrected chi connectivity index (χ2v) is 9.49. The summed E-state index contributed by atoms with van der Waals surface area (Å²) in [5, 5.41) is 22.5. The molecule has 1 spiro atoms. The summed E-state index contributed by atoms with van der Waals surface area (Å²) in [4.78, 5) is 12.9. The van der Waals surface area contributed by atoms with Gasteiger partial charge in [0.05, 0.1) is 18.8 Å². The first-order valence-electron chi connectivity index (χ1n) is 9.44. The summed E-state index contributed by atoms with van der Waals surface area (Å²) in [5.41, 5.74) is -1.22. The molecule has 1 saturated heterocycles. The predicted molar refractivity (Wildman–Crippen MR) is 90.0 cm³/mol. The van der Waals surface area contributed by atoms with E-state index in [1.54, 1.807) is 0 Å². The molecule has 4 aliphatic rings.